The number of rotatable bonds is 4. The zero-order valence-corrected chi connectivity index (χ0v) is 16.1. The first-order valence-corrected chi connectivity index (χ1v) is 7.83. The number of halogens is 2. The van der Waals surface area contributed by atoms with Gasteiger partial charge in [-0.05, 0) is 31.4 Å². The Morgan fingerprint density at radius 2 is 1.91 bits per heavy atom. The van der Waals surface area contributed by atoms with E-state index in [2.05, 4.69) is 17.1 Å². The highest BCUT2D eigenvalue weighted by atomic mass is 127. The lowest BCUT2D eigenvalue weighted by Gasteiger charge is -2.26. The fourth-order valence-corrected chi connectivity index (χ4v) is 2.72. The summed E-state index contributed by atoms with van der Waals surface area (Å²) >= 11 is 0. The number of hydrogen-bond donors (Lipinski definition) is 1. The van der Waals surface area contributed by atoms with Gasteiger partial charge in [0.15, 0.2) is 5.96 Å². The summed E-state index contributed by atoms with van der Waals surface area (Å²) in [5.74, 6) is 0.809. The van der Waals surface area contributed by atoms with E-state index in [1.807, 2.05) is 26.0 Å². The minimum atomic E-state index is -0.314. The Morgan fingerprint density at radius 3 is 2.50 bits per heavy atom. The summed E-state index contributed by atoms with van der Waals surface area (Å²) in [4.78, 5) is 7.04. The summed E-state index contributed by atoms with van der Waals surface area (Å²) in [6.07, 6.45) is 2.45. The van der Waals surface area contributed by atoms with Gasteiger partial charge in [-0.1, -0.05) is 32.0 Å². The van der Waals surface area contributed by atoms with Gasteiger partial charge in [0.25, 0.3) is 0 Å². The van der Waals surface area contributed by atoms with Crippen LogP contribution in [0.4, 0.5) is 4.39 Å². The van der Waals surface area contributed by atoms with Crippen molar-refractivity contribution in [1.82, 2.24) is 10.2 Å². The summed E-state index contributed by atoms with van der Waals surface area (Å²) in [7, 11) is 0. The minimum absolute atomic E-state index is 0. The SMILES string of the molecule is CCNC(=NCC(C)(C)c1ccccc1F)N1CCCC1.I. The number of nitrogens with one attached hydrogen (secondary N) is 1. The second kappa shape index (κ2) is 8.70. The Morgan fingerprint density at radius 1 is 1.27 bits per heavy atom. The predicted molar refractivity (Wildman–Crippen MR) is 102 cm³/mol. The lowest BCUT2D eigenvalue weighted by atomic mass is 9.84. The molecule has 3 nitrogen and oxygen atoms in total. The van der Waals surface area contributed by atoms with E-state index in [1.54, 1.807) is 6.07 Å². The molecule has 1 fully saturated rings. The Balaban J connectivity index is 0.00000242. The van der Waals surface area contributed by atoms with Gasteiger partial charge in [-0.2, -0.15) is 0 Å². The molecule has 0 atom stereocenters. The van der Waals surface area contributed by atoms with Crippen LogP contribution in [0.2, 0.25) is 0 Å². The third-order valence-corrected chi connectivity index (χ3v) is 3.97. The lowest BCUT2D eigenvalue weighted by Crippen LogP contribution is -2.40. The topological polar surface area (TPSA) is 27.6 Å². The molecular weight excluding hydrogens is 392 g/mol. The van der Waals surface area contributed by atoms with Crippen LogP contribution in [0.1, 0.15) is 39.2 Å². The molecule has 0 amide bonds. The van der Waals surface area contributed by atoms with Crippen molar-refractivity contribution in [3.05, 3.63) is 35.6 Å². The zero-order chi connectivity index (χ0) is 15.3. The van der Waals surface area contributed by atoms with E-state index in [4.69, 9.17) is 4.99 Å². The summed E-state index contributed by atoms with van der Waals surface area (Å²) in [6, 6.07) is 6.99. The Bertz CT molecular complexity index is 496. The molecule has 0 aromatic heterocycles. The molecule has 1 saturated heterocycles. The fourth-order valence-electron chi connectivity index (χ4n) is 2.72. The third kappa shape index (κ3) is 4.83. The molecule has 0 bridgehead atoms. The van der Waals surface area contributed by atoms with Crippen LogP contribution in [-0.2, 0) is 5.41 Å². The average Bonchev–Trinajstić information content (AvgIpc) is 2.97. The van der Waals surface area contributed by atoms with Crippen molar-refractivity contribution >= 4 is 29.9 Å². The Kier molecular flexibility index (Phi) is 7.59. The van der Waals surface area contributed by atoms with Crippen molar-refractivity contribution in [2.45, 2.75) is 39.0 Å². The van der Waals surface area contributed by atoms with Gasteiger partial charge in [-0.3, -0.25) is 4.99 Å². The highest BCUT2D eigenvalue weighted by Gasteiger charge is 2.24. The van der Waals surface area contributed by atoms with Crippen molar-refractivity contribution in [3.63, 3.8) is 0 Å². The second-order valence-electron chi connectivity index (χ2n) is 6.23. The molecule has 1 aliphatic heterocycles. The molecule has 5 heteroatoms. The molecule has 0 spiro atoms. The average molecular weight is 419 g/mol. The summed E-state index contributed by atoms with van der Waals surface area (Å²) in [6.45, 7) is 9.72. The molecule has 1 N–H and O–H groups in total. The van der Waals surface area contributed by atoms with E-state index >= 15 is 0 Å². The van der Waals surface area contributed by atoms with Crippen LogP contribution in [0.15, 0.2) is 29.3 Å². The van der Waals surface area contributed by atoms with Gasteiger partial charge < -0.3 is 10.2 Å². The lowest BCUT2D eigenvalue weighted by molar-refractivity contribution is 0.468. The van der Waals surface area contributed by atoms with E-state index in [1.165, 1.54) is 18.9 Å². The van der Waals surface area contributed by atoms with Gasteiger partial charge in [-0.15, -0.1) is 24.0 Å². The minimum Gasteiger partial charge on any atom is -0.357 e. The smallest absolute Gasteiger partial charge is 0.193 e. The van der Waals surface area contributed by atoms with Crippen molar-refractivity contribution in [2.75, 3.05) is 26.2 Å². The first-order valence-electron chi connectivity index (χ1n) is 7.83. The Hall–Kier alpha value is -0.850. The van der Waals surface area contributed by atoms with Crippen LogP contribution < -0.4 is 5.32 Å². The summed E-state index contributed by atoms with van der Waals surface area (Å²) in [5.41, 5.74) is 0.414. The van der Waals surface area contributed by atoms with Gasteiger partial charge in [0.1, 0.15) is 5.82 Å². The van der Waals surface area contributed by atoms with Crippen molar-refractivity contribution < 1.29 is 4.39 Å². The van der Waals surface area contributed by atoms with E-state index < -0.39 is 0 Å². The van der Waals surface area contributed by atoms with E-state index in [9.17, 15) is 4.39 Å². The largest absolute Gasteiger partial charge is 0.357 e. The quantitative estimate of drug-likeness (QED) is 0.457. The molecule has 0 saturated carbocycles. The van der Waals surface area contributed by atoms with Crippen LogP contribution in [0.3, 0.4) is 0 Å². The van der Waals surface area contributed by atoms with E-state index in [0.717, 1.165) is 31.2 Å². The van der Waals surface area contributed by atoms with Crippen molar-refractivity contribution in [1.29, 1.82) is 0 Å². The van der Waals surface area contributed by atoms with Crippen LogP contribution in [0.25, 0.3) is 0 Å². The molecule has 22 heavy (non-hydrogen) atoms. The van der Waals surface area contributed by atoms with E-state index in [-0.39, 0.29) is 35.2 Å². The van der Waals surface area contributed by atoms with Crippen LogP contribution in [0.5, 0.6) is 0 Å². The summed E-state index contributed by atoms with van der Waals surface area (Å²) < 4.78 is 14.0. The van der Waals surface area contributed by atoms with Gasteiger partial charge in [-0.25, -0.2) is 4.39 Å². The normalized spacial score (nSPS) is 15.6. The molecule has 0 radical (unpaired) electrons. The van der Waals surface area contributed by atoms with Crippen LogP contribution in [-0.4, -0.2) is 37.0 Å². The van der Waals surface area contributed by atoms with Crippen molar-refractivity contribution in [3.8, 4) is 0 Å². The van der Waals surface area contributed by atoms with Gasteiger partial charge in [0, 0.05) is 25.0 Å². The first kappa shape index (κ1) is 19.2. The monoisotopic (exact) mass is 419 g/mol. The molecule has 1 heterocycles. The molecule has 2 rings (SSSR count). The second-order valence-corrected chi connectivity index (χ2v) is 6.23. The van der Waals surface area contributed by atoms with Crippen molar-refractivity contribution in [2.24, 2.45) is 4.99 Å². The number of aliphatic imine (C=N–C) groups is 1. The molecule has 1 aromatic rings. The number of hydrogen-bond acceptors (Lipinski definition) is 1. The molecule has 124 valence electrons. The zero-order valence-electron chi connectivity index (χ0n) is 13.7. The van der Waals surface area contributed by atoms with Gasteiger partial charge in [0.2, 0.25) is 0 Å². The highest BCUT2D eigenvalue weighted by molar-refractivity contribution is 14.0. The maximum absolute atomic E-state index is 14.0. The standard InChI is InChI=1S/C17H26FN3.HI/c1-4-19-16(21-11-7-8-12-21)20-13-17(2,3)14-9-5-6-10-15(14)18;/h5-6,9-10H,4,7-8,11-13H2,1-3H3,(H,19,20);1H. The number of benzene rings is 1. The van der Waals surface area contributed by atoms with Crippen LogP contribution in [0, 0.1) is 5.82 Å². The molecular formula is C17H27FIN3. The van der Waals surface area contributed by atoms with Gasteiger partial charge >= 0.3 is 0 Å². The molecule has 0 aliphatic carbocycles. The summed E-state index contributed by atoms with van der Waals surface area (Å²) in [5, 5.41) is 3.35. The number of nitrogens with zero attached hydrogens (tertiary/aromatic N) is 2. The third-order valence-electron chi connectivity index (χ3n) is 3.97. The maximum Gasteiger partial charge on any atom is 0.193 e. The first-order chi connectivity index (χ1) is 10.0. The Labute approximate surface area is 150 Å². The molecule has 1 aromatic carbocycles. The van der Waals surface area contributed by atoms with Crippen LogP contribution >= 0.6 is 24.0 Å². The molecule has 1 aliphatic rings. The fraction of sp³-hybridized carbons (Fsp3) is 0.588. The van der Waals surface area contributed by atoms with E-state index in [0.29, 0.717) is 6.54 Å². The predicted octanol–water partition coefficient (Wildman–Crippen LogP) is 3.78. The molecule has 0 unspecified atom stereocenters. The van der Waals surface area contributed by atoms with Gasteiger partial charge in [0.05, 0.1) is 6.54 Å². The highest BCUT2D eigenvalue weighted by Crippen LogP contribution is 2.26. The number of guanidine groups is 1. The maximum atomic E-state index is 14.0. The number of likely N-dealkylation sites (tertiary alicyclic amines) is 1.